The van der Waals surface area contributed by atoms with Crippen LogP contribution in [0.2, 0.25) is 0 Å². The van der Waals surface area contributed by atoms with Crippen LogP contribution in [0.15, 0.2) is 54.6 Å². The number of hydrogen-bond acceptors (Lipinski definition) is 9. The standard InChI is InChI=1S/C21H25NO4.C6H8O7/c1-3-22(4-2)14-15-24-21(23)20-19(16-10-6-5-7-11-16)25-17-12-8-9-13-18(17)26-20;7-2-6(4(10)11,5(12)13)1-3(8)9/h5-13,19-20H,3-4,14-15H2,1-2H3;7H,1-2H2,(H,8,9)(H,10,11)(H,12,13). The van der Waals surface area contributed by atoms with Gasteiger partial charge in [0.15, 0.2) is 23.0 Å². The summed E-state index contributed by atoms with van der Waals surface area (Å²) in [5.41, 5.74) is -1.82. The summed E-state index contributed by atoms with van der Waals surface area (Å²) in [7, 11) is 0. The van der Waals surface area contributed by atoms with Gasteiger partial charge in [0.25, 0.3) is 0 Å². The van der Waals surface area contributed by atoms with E-state index in [-0.39, 0.29) is 5.97 Å². The van der Waals surface area contributed by atoms with Crippen LogP contribution in [0.25, 0.3) is 0 Å². The lowest BCUT2D eigenvalue weighted by Crippen LogP contribution is -3.11. The highest BCUT2D eigenvalue weighted by atomic mass is 16.6. The Kier molecular flexibility index (Phi) is 11.7. The molecule has 2 aromatic rings. The third-order valence-electron chi connectivity index (χ3n) is 6.23. The van der Waals surface area contributed by atoms with Crippen LogP contribution in [0, 0.1) is 5.41 Å². The summed E-state index contributed by atoms with van der Waals surface area (Å²) >= 11 is 0. The zero-order valence-electron chi connectivity index (χ0n) is 21.7. The Hall–Kier alpha value is -4.16. The number of carbonyl (C=O) groups is 4. The molecule has 2 atom stereocenters. The van der Waals surface area contributed by atoms with Gasteiger partial charge in [0.05, 0.1) is 19.7 Å². The van der Waals surface area contributed by atoms with Gasteiger partial charge in [-0.25, -0.2) is 4.79 Å². The van der Waals surface area contributed by atoms with E-state index in [1.165, 1.54) is 4.90 Å². The number of likely N-dealkylation sites (N-methyl/N-ethyl adjacent to an activating group) is 1. The number of aliphatic hydroxyl groups excluding tert-OH is 1. The number of aliphatic carboxylic acids is 3. The van der Waals surface area contributed by atoms with Crippen molar-refractivity contribution in [2.75, 3.05) is 32.8 Å². The van der Waals surface area contributed by atoms with Gasteiger partial charge in [-0.3, -0.25) is 9.59 Å². The van der Waals surface area contributed by atoms with Gasteiger partial charge < -0.3 is 44.3 Å². The molecule has 1 heterocycles. The number of carbonyl (C=O) groups excluding carboxylic acids is 2. The fourth-order valence-corrected chi connectivity index (χ4v) is 3.76. The SMILES string of the molecule is CC[NH+](CC)CCOC(=O)C1Oc2ccccc2OC1c1ccccc1.O=C([O-])CC(CO)(C(=O)O)C(=O)O. The van der Waals surface area contributed by atoms with Crippen LogP contribution in [0.5, 0.6) is 11.5 Å². The summed E-state index contributed by atoms with van der Waals surface area (Å²) in [6, 6.07) is 17.0. The van der Waals surface area contributed by atoms with Crippen LogP contribution in [0.4, 0.5) is 0 Å². The molecular formula is C27H33NO11. The summed E-state index contributed by atoms with van der Waals surface area (Å²) in [5.74, 6) is -4.86. The van der Waals surface area contributed by atoms with E-state index >= 15 is 0 Å². The molecule has 1 aliphatic heterocycles. The van der Waals surface area contributed by atoms with Crippen LogP contribution in [0.3, 0.4) is 0 Å². The minimum atomic E-state index is -2.71. The molecule has 1 aliphatic rings. The minimum Gasteiger partial charge on any atom is -0.550 e. The molecule has 0 bridgehead atoms. The van der Waals surface area contributed by atoms with Gasteiger partial charge in [0.1, 0.15) is 13.2 Å². The zero-order chi connectivity index (χ0) is 29.0. The van der Waals surface area contributed by atoms with E-state index in [4.69, 9.17) is 29.5 Å². The van der Waals surface area contributed by atoms with Crippen molar-refractivity contribution in [3.05, 3.63) is 60.2 Å². The minimum absolute atomic E-state index is 0.374. The number of rotatable bonds is 12. The Morgan fingerprint density at radius 3 is 1.92 bits per heavy atom. The van der Waals surface area contributed by atoms with Crippen LogP contribution in [0.1, 0.15) is 31.9 Å². The second kappa shape index (κ2) is 14.7. The highest BCUT2D eigenvalue weighted by molar-refractivity contribution is 6.01. The summed E-state index contributed by atoms with van der Waals surface area (Å²) in [6.45, 7) is 6.14. The Balaban J connectivity index is 0.000000349. The number of carboxylic acid groups (broad SMARTS) is 3. The van der Waals surface area contributed by atoms with E-state index in [9.17, 15) is 24.3 Å². The molecule has 0 aromatic heterocycles. The molecule has 4 N–H and O–H groups in total. The first kappa shape index (κ1) is 31.1. The van der Waals surface area contributed by atoms with E-state index in [0.717, 1.165) is 25.2 Å². The van der Waals surface area contributed by atoms with Crippen molar-refractivity contribution in [3.8, 4) is 11.5 Å². The second-order valence-corrected chi connectivity index (χ2v) is 8.71. The highest BCUT2D eigenvalue weighted by Gasteiger charge is 2.46. The number of aliphatic hydroxyl groups is 1. The molecule has 0 spiro atoms. The molecule has 3 rings (SSSR count). The smallest absolute Gasteiger partial charge is 0.351 e. The van der Waals surface area contributed by atoms with Gasteiger partial charge in [-0.05, 0) is 31.5 Å². The summed E-state index contributed by atoms with van der Waals surface area (Å²) < 4.78 is 17.6. The quantitative estimate of drug-likeness (QED) is 0.195. The van der Waals surface area contributed by atoms with Crippen molar-refractivity contribution in [2.24, 2.45) is 5.41 Å². The number of nitrogens with one attached hydrogen (secondary N) is 1. The first-order valence-corrected chi connectivity index (χ1v) is 12.3. The van der Waals surface area contributed by atoms with Crippen LogP contribution in [-0.2, 0) is 23.9 Å². The van der Waals surface area contributed by atoms with Crippen molar-refractivity contribution < 1.29 is 58.7 Å². The average Bonchev–Trinajstić information content (AvgIpc) is 2.93. The number of para-hydroxylation sites is 2. The highest BCUT2D eigenvalue weighted by Crippen LogP contribution is 2.39. The molecule has 2 aromatic carbocycles. The largest absolute Gasteiger partial charge is 0.550 e. The van der Waals surface area contributed by atoms with E-state index in [1.807, 2.05) is 48.5 Å². The van der Waals surface area contributed by atoms with Crippen molar-refractivity contribution in [2.45, 2.75) is 32.5 Å². The summed E-state index contributed by atoms with van der Waals surface area (Å²) in [5, 5.41) is 35.4. The van der Waals surface area contributed by atoms with Crippen LogP contribution >= 0.6 is 0 Å². The first-order valence-electron chi connectivity index (χ1n) is 12.3. The fraction of sp³-hybridized carbons (Fsp3) is 0.407. The molecule has 212 valence electrons. The Morgan fingerprint density at radius 1 is 0.923 bits per heavy atom. The summed E-state index contributed by atoms with van der Waals surface area (Å²) in [6.07, 6.45) is -2.62. The Bertz CT molecular complexity index is 1100. The van der Waals surface area contributed by atoms with E-state index in [0.29, 0.717) is 18.1 Å². The van der Waals surface area contributed by atoms with E-state index in [2.05, 4.69) is 13.8 Å². The molecule has 0 saturated carbocycles. The number of benzene rings is 2. The molecule has 0 aliphatic carbocycles. The average molecular weight is 548 g/mol. The Morgan fingerprint density at radius 2 is 1.46 bits per heavy atom. The molecule has 12 nitrogen and oxygen atoms in total. The lowest BCUT2D eigenvalue weighted by Gasteiger charge is -2.32. The molecular weight excluding hydrogens is 514 g/mol. The predicted molar refractivity (Wildman–Crippen MR) is 133 cm³/mol. The molecule has 0 fully saturated rings. The molecule has 0 saturated heterocycles. The predicted octanol–water partition coefficient (Wildman–Crippen LogP) is -0.690. The molecule has 12 heteroatoms. The number of esters is 1. The van der Waals surface area contributed by atoms with Crippen molar-refractivity contribution in [3.63, 3.8) is 0 Å². The second-order valence-electron chi connectivity index (χ2n) is 8.71. The summed E-state index contributed by atoms with van der Waals surface area (Å²) in [4.78, 5) is 44.9. The van der Waals surface area contributed by atoms with Gasteiger partial charge in [-0.15, -0.1) is 0 Å². The van der Waals surface area contributed by atoms with Crippen molar-refractivity contribution in [1.29, 1.82) is 0 Å². The molecule has 2 unspecified atom stereocenters. The third-order valence-corrected chi connectivity index (χ3v) is 6.23. The van der Waals surface area contributed by atoms with E-state index < -0.39 is 48.6 Å². The zero-order valence-corrected chi connectivity index (χ0v) is 21.7. The van der Waals surface area contributed by atoms with Crippen molar-refractivity contribution >= 4 is 23.9 Å². The van der Waals surface area contributed by atoms with Gasteiger partial charge in [0, 0.05) is 12.4 Å². The monoisotopic (exact) mass is 547 g/mol. The number of hydrogen-bond donors (Lipinski definition) is 4. The maximum atomic E-state index is 12.7. The normalized spacial score (nSPS) is 16.0. The number of quaternary nitrogens is 1. The van der Waals surface area contributed by atoms with Crippen LogP contribution < -0.4 is 19.5 Å². The van der Waals surface area contributed by atoms with E-state index in [1.54, 1.807) is 6.07 Å². The third kappa shape index (κ3) is 8.16. The van der Waals surface area contributed by atoms with Gasteiger partial charge in [-0.2, -0.15) is 0 Å². The lowest BCUT2D eigenvalue weighted by molar-refractivity contribution is -0.896. The molecule has 39 heavy (non-hydrogen) atoms. The first-order chi connectivity index (χ1) is 18.6. The van der Waals surface area contributed by atoms with Gasteiger partial charge in [0.2, 0.25) is 6.10 Å². The lowest BCUT2D eigenvalue weighted by atomic mass is 9.85. The molecule has 0 radical (unpaired) electrons. The number of ether oxygens (including phenoxy) is 3. The van der Waals surface area contributed by atoms with Crippen LogP contribution in [-0.4, -0.2) is 78.1 Å². The maximum Gasteiger partial charge on any atom is 0.351 e. The van der Waals surface area contributed by atoms with Gasteiger partial charge >= 0.3 is 17.9 Å². The van der Waals surface area contributed by atoms with Gasteiger partial charge in [-0.1, -0.05) is 42.5 Å². The number of carboxylic acids is 3. The fourth-order valence-electron chi connectivity index (χ4n) is 3.76. The van der Waals surface area contributed by atoms with Crippen molar-refractivity contribution in [1.82, 2.24) is 0 Å². The Labute approximate surface area is 225 Å². The molecule has 0 amide bonds. The maximum absolute atomic E-state index is 12.7. The topological polar surface area (TPSA) is 184 Å². The number of fused-ring (bicyclic) bond motifs is 1.